The van der Waals surface area contributed by atoms with E-state index in [1.54, 1.807) is 7.05 Å². The van der Waals surface area contributed by atoms with E-state index in [9.17, 15) is 8.42 Å². The number of rotatable bonds is 10. The van der Waals surface area contributed by atoms with Crippen molar-refractivity contribution in [2.24, 2.45) is 5.92 Å². The highest BCUT2D eigenvalue weighted by atomic mass is 32.2. The molecule has 0 bridgehead atoms. The fraction of sp³-hybridized carbons (Fsp3) is 0.421. The van der Waals surface area contributed by atoms with Gasteiger partial charge >= 0.3 is 0 Å². The molecule has 6 heteroatoms. The second kappa shape index (κ2) is 8.34. The Balaban J connectivity index is 2.14. The summed E-state index contributed by atoms with van der Waals surface area (Å²) in [5.41, 5.74) is 3.75. The van der Waals surface area contributed by atoms with Crippen molar-refractivity contribution >= 4 is 27.0 Å². The van der Waals surface area contributed by atoms with Crippen LogP contribution in [-0.2, 0) is 22.7 Å². The molecule has 0 saturated carbocycles. The van der Waals surface area contributed by atoms with E-state index < -0.39 is 9.84 Å². The highest BCUT2D eigenvalue weighted by Crippen LogP contribution is 2.23. The third-order valence-electron chi connectivity index (χ3n) is 4.52. The van der Waals surface area contributed by atoms with E-state index in [4.69, 9.17) is 5.41 Å². The van der Waals surface area contributed by atoms with Crippen molar-refractivity contribution in [3.8, 4) is 0 Å². The number of H-pyrrole nitrogens is 1. The second-order valence-corrected chi connectivity index (χ2v) is 8.61. The summed E-state index contributed by atoms with van der Waals surface area (Å²) in [5, 5.41) is 11.4. The monoisotopic (exact) mass is 361 g/mol. The zero-order chi connectivity index (χ0) is 18.4. The maximum absolute atomic E-state index is 12.1. The van der Waals surface area contributed by atoms with Gasteiger partial charge in [-0.3, -0.25) is 0 Å². The lowest BCUT2D eigenvalue weighted by atomic mass is 9.97. The van der Waals surface area contributed by atoms with Gasteiger partial charge in [-0.1, -0.05) is 19.6 Å². The van der Waals surface area contributed by atoms with Gasteiger partial charge in [0.2, 0.25) is 0 Å². The van der Waals surface area contributed by atoms with Crippen LogP contribution in [0.3, 0.4) is 0 Å². The number of aromatic amines is 1. The maximum Gasteiger partial charge on any atom is 0.156 e. The molecule has 2 rings (SSSR count). The molecule has 1 atom stereocenters. The van der Waals surface area contributed by atoms with Crippen molar-refractivity contribution in [1.82, 2.24) is 10.3 Å². The molecular weight excluding hydrogens is 334 g/mol. The van der Waals surface area contributed by atoms with Gasteiger partial charge < -0.3 is 15.7 Å². The van der Waals surface area contributed by atoms with Crippen LogP contribution >= 0.6 is 0 Å². The van der Waals surface area contributed by atoms with Gasteiger partial charge in [0.15, 0.2) is 9.84 Å². The maximum atomic E-state index is 12.1. The molecular formula is C19H27N3O2S. The summed E-state index contributed by atoms with van der Waals surface area (Å²) >= 11 is 0. The Morgan fingerprint density at radius 2 is 2.20 bits per heavy atom. The molecule has 0 unspecified atom stereocenters. The van der Waals surface area contributed by atoms with Crippen LogP contribution in [0.15, 0.2) is 36.7 Å². The van der Waals surface area contributed by atoms with Crippen molar-refractivity contribution in [3.63, 3.8) is 0 Å². The lowest BCUT2D eigenvalue weighted by Crippen LogP contribution is -2.19. The van der Waals surface area contributed by atoms with Crippen LogP contribution in [0.5, 0.6) is 0 Å². The van der Waals surface area contributed by atoms with Crippen LogP contribution in [-0.4, -0.2) is 38.2 Å². The first-order valence-corrected chi connectivity index (χ1v) is 10.4. The summed E-state index contributed by atoms with van der Waals surface area (Å²) in [5.74, 6) is 0.311. The molecule has 1 aromatic heterocycles. The highest BCUT2D eigenvalue weighted by Gasteiger charge is 2.14. The minimum atomic E-state index is -3.17. The normalized spacial score (nSPS) is 12.9. The molecule has 136 valence electrons. The summed E-state index contributed by atoms with van der Waals surface area (Å²) in [4.78, 5) is 3.26. The fourth-order valence-corrected chi connectivity index (χ4v) is 4.20. The molecule has 0 aliphatic rings. The summed E-state index contributed by atoms with van der Waals surface area (Å²) < 4.78 is 24.3. The van der Waals surface area contributed by atoms with E-state index in [1.807, 2.05) is 18.3 Å². The van der Waals surface area contributed by atoms with Gasteiger partial charge in [0, 0.05) is 29.8 Å². The molecule has 2 aromatic rings. The van der Waals surface area contributed by atoms with Gasteiger partial charge in [-0.2, -0.15) is 0 Å². The molecule has 3 N–H and O–H groups in total. The summed E-state index contributed by atoms with van der Waals surface area (Å²) in [6.07, 6.45) is 5.74. The van der Waals surface area contributed by atoms with Crippen LogP contribution in [0.1, 0.15) is 24.5 Å². The van der Waals surface area contributed by atoms with Crippen molar-refractivity contribution in [1.29, 1.82) is 5.41 Å². The van der Waals surface area contributed by atoms with Crippen LogP contribution in [0.25, 0.3) is 10.9 Å². The predicted octanol–water partition coefficient (Wildman–Crippen LogP) is 3.08. The van der Waals surface area contributed by atoms with E-state index in [1.165, 1.54) is 11.8 Å². The number of nitrogens with one attached hydrogen (secondary N) is 3. The van der Waals surface area contributed by atoms with Crippen molar-refractivity contribution in [3.05, 3.63) is 47.8 Å². The Morgan fingerprint density at radius 3 is 2.84 bits per heavy atom. The molecule has 25 heavy (non-hydrogen) atoms. The molecule has 5 nitrogen and oxygen atoms in total. The van der Waals surface area contributed by atoms with E-state index in [2.05, 4.69) is 29.9 Å². The van der Waals surface area contributed by atoms with Gasteiger partial charge in [-0.15, -0.1) is 0 Å². The molecule has 0 radical (unpaired) electrons. The SMILES string of the molecule is C=C(CS(=O)(=O)CCc1ccc2[nH]cc(C[C@H](C=N)CC)c2c1)NC. The second-order valence-electron chi connectivity index (χ2n) is 6.43. The Kier molecular flexibility index (Phi) is 6.42. The quantitative estimate of drug-likeness (QED) is 0.569. The average molecular weight is 362 g/mol. The summed E-state index contributed by atoms with van der Waals surface area (Å²) in [6.45, 7) is 5.77. The van der Waals surface area contributed by atoms with Crippen LogP contribution in [0.2, 0.25) is 0 Å². The molecule has 0 spiro atoms. The predicted molar refractivity (Wildman–Crippen MR) is 105 cm³/mol. The Hall–Kier alpha value is -2.08. The average Bonchev–Trinajstić information content (AvgIpc) is 2.99. The number of fused-ring (bicyclic) bond motifs is 1. The number of aromatic nitrogens is 1. The first-order chi connectivity index (χ1) is 11.9. The molecule has 1 heterocycles. The van der Waals surface area contributed by atoms with Gasteiger partial charge in [0.25, 0.3) is 0 Å². The van der Waals surface area contributed by atoms with Crippen molar-refractivity contribution in [2.75, 3.05) is 18.6 Å². The lowest BCUT2D eigenvalue weighted by Gasteiger charge is -2.09. The van der Waals surface area contributed by atoms with E-state index >= 15 is 0 Å². The third-order valence-corrected chi connectivity index (χ3v) is 6.14. The number of hydrogen-bond donors (Lipinski definition) is 3. The van der Waals surface area contributed by atoms with Crippen molar-refractivity contribution < 1.29 is 8.42 Å². The largest absolute Gasteiger partial charge is 0.391 e. The summed E-state index contributed by atoms with van der Waals surface area (Å²) in [6, 6.07) is 6.04. The third kappa shape index (κ3) is 5.19. The van der Waals surface area contributed by atoms with E-state index in [0.29, 0.717) is 12.1 Å². The Bertz CT molecular complexity index is 853. The standard InChI is InChI=1S/C19H27N3O2S/c1-4-15(11-20)9-17-12-22-19-6-5-16(10-18(17)19)7-8-25(23,24)13-14(2)21-3/h5-6,10-12,15,20-22H,2,4,7-9,13H2,1,3H3/t15-/m1/s1. The molecule has 0 amide bonds. The first-order valence-electron chi connectivity index (χ1n) is 8.54. The zero-order valence-corrected chi connectivity index (χ0v) is 15.7. The molecule has 0 aliphatic heterocycles. The van der Waals surface area contributed by atoms with E-state index in [-0.39, 0.29) is 17.4 Å². The molecule has 0 aliphatic carbocycles. The minimum Gasteiger partial charge on any atom is -0.391 e. The van der Waals surface area contributed by atoms with Gasteiger partial charge in [-0.05, 0) is 54.7 Å². The van der Waals surface area contributed by atoms with Crippen molar-refractivity contribution in [2.45, 2.75) is 26.2 Å². The minimum absolute atomic E-state index is 0.0291. The number of benzene rings is 1. The van der Waals surface area contributed by atoms with Gasteiger partial charge in [0.1, 0.15) is 0 Å². The Labute approximate surface area is 150 Å². The molecule has 0 saturated heterocycles. The van der Waals surface area contributed by atoms with E-state index in [0.717, 1.165) is 29.3 Å². The molecule has 1 aromatic carbocycles. The lowest BCUT2D eigenvalue weighted by molar-refractivity contribution is 0.596. The topological polar surface area (TPSA) is 85.8 Å². The Morgan fingerprint density at radius 1 is 1.44 bits per heavy atom. The fourth-order valence-electron chi connectivity index (χ4n) is 2.84. The van der Waals surface area contributed by atoms with Crippen LogP contribution < -0.4 is 5.32 Å². The number of aryl methyl sites for hydroxylation is 1. The highest BCUT2D eigenvalue weighted by molar-refractivity contribution is 7.91. The summed E-state index contributed by atoms with van der Waals surface area (Å²) in [7, 11) is -1.49. The van der Waals surface area contributed by atoms with Crippen LogP contribution in [0, 0.1) is 11.3 Å². The van der Waals surface area contributed by atoms with Gasteiger partial charge in [0.05, 0.1) is 11.5 Å². The first kappa shape index (κ1) is 19.2. The smallest absolute Gasteiger partial charge is 0.156 e. The number of hydrogen-bond acceptors (Lipinski definition) is 4. The molecule has 0 fully saturated rings. The van der Waals surface area contributed by atoms with Crippen LogP contribution in [0.4, 0.5) is 0 Å². The number of sulfone groups is 1. The zero-order valence-electron chi connectivity index (χ0n) is 14.9. The van der Waals surface area contributed by atoms with Gasteiger partial charge in [-0.25, -0.2) is 8.42 Å².